The van der Waals surface area contributed by atoms with Gasteiger partial charge >= 0.3 is 11.9 Å². The van der Waals surface area contributed by atoms with Crippen LogP contribution in [-0.4, -0.2) is 77.6 Å². The predicted octanol–water partition coefficient (Wildman–Crippen LogP) is 2.51. The summed E-state index contributed by atoms with van der Waals surface area (Å²) in [6.45, 7) is 3.19. The monoisotopic (exact) mass is 691 g/mol. The number of benzene rings is 3. The van der Waals surface area contributed by atoms with Crippen LogP contribution in [0.25, 0.3) is 0 Å². The minimum absolute atomic E-state index is 0.0493. The largest absolute Gasteiger partial charge is 0.508 e. The third kappa shape index (κ3) is 6.53. The van der Waals surface area contributed by atoms with E-state index < -0.39 is 78.2 Å². The molecule has 3 amide bonds. The van der Waals surface area contributed by atoms with Crippen LogP contribution < -0.4 is 20.7 Å². The quantitative estimate of drug-likeness (QED) is 0.185. The van der Waals surface area contributed by atoms with Crippen molar-refractivity contribution in [2.75, 3.05) is 13.8 Å². The number of carbonyl (C=O) groups is 6. The molecule has 0 saturated heterocycles. The van der Waals surface area contributed by atoms with Crippen molar-refractivity contribution in [2.45, 2.75) is 50.9 Å². The van der Waals surface area contributed by atoms with Gasteiger partial charge in [0.05, 0.1) is 19.1 Å². The fourth-order valence-electron chi connectivity index (χ4n) is 5.85. The summed E-state index contributed by atoms with van der Waals surface area (Å²) in [5.74, 6) is -5.37. The highest BCUT2D eigenvalue weighted by Crippen LogP contribution is 2.57. The van der Waals surface area contributed by atoms with Crippen molar-refractivity contribution in [1.29, 1.82) is 0 Å². The summed E-state index contributed by atoms with van der Waals surface area (Å²) in [7, 11) is 1.07. The number of amides is 3. The second kappa shape index (κ2) is 13.9. The Bertz CT molecular complexity index is 1860. The Hall–Kier alpha value is -5.99. The molecular formula is C35H34FN3O11. The van der Waals surface area contributed by atoms with Crippen molar-refractivity contribution in [3.05, 3.63) is 82.4 Å². The standard InChI is InChI=1S/C35H34FN3O11/c1-16(2)30(33(46)37-17(3)31(44)38-25(26(42)15-36)14-29(43)48-4)39-32(45)18-5-8-21-24(11-18)35(50-34(21)47)22-9-6-19(40)12-27(22)49-28-13-20(41)7-10-23(28)35/h5-13,16-17,25,30,40-41H,14-15H2,1-4H3,(H,37,46)(H,38,44)(H,39,45)/t17-,25-,30+/m0/s1. The van der Waals surface area contributed by atoms with Crippen molar-refractivity contribution < 1.29 is 57.6 Å². The molecule has 2 aliphatic rings. The van der Waals surface area contributed by atoms with Gasteiger partial charge in [-0.15, -0.1) is 0 Å². The van der Waals surface area contributed by atoms with Gasteiger partial charge in [0.1, 0.15) is 47.8 Å². The van der Waals surface area contributed by atoms with E-state index in [4.69, 9.17) is 9.47 Å². The predicted molar refractivity (Wildman–Crippen MR) is 171 cm³/mol. The summed E-state index contributed by atoms with van der Waals surface area (Å²) < 4.78 is 29.5. The van der Waals surface area contributed by atoms with Crippen molar-refractivity contribution in [3.63, 3.8) is 0 Å². The van der Waals surface area contributed by atoms with Gasteiger partial charge in [-0.3, -0.25) is 24.0 Å². The summed E-state index contributed by atoms with van der Waals surface area (Å²) in [6, 6.07) is 8.80. The van der Waals surface area contributed by atoms with Gasteiger partial charge in [-0.05, 0) is 55.3 Å². The Morgan fingerprint density at radius 2 is 1.46 bits per heavy atom. The number of nitrogens with one attached hydrogen (secondary N) is 3. The van der Waals surface area contributed by atoms with Gasteiger partial charge in [-0.25, -0.2) is 9.18 Å². The smallest absolute Gasteiger partial charge is 0.340 e. The Labute approximate surface area is 284 Å². The summed E-state index contributed by atoms with van der Waals surface area (Å²) in [5.41, 5.74) is -0.444. The molecule has 5 N–H and O–H groups in total. The van der Waals surface area contributed by atoms with Gasteiger partial charge in [-0.2, -0.15) is 0 Å². The van der Waals surface area contributed by atoms with E-state index in [1.54, 1.807) is 13.8 Å². The summed E-state index contributed by atoms with van der Waals surface area (Å²) in [6.07, 6.45) is -0.607. The van der Waals surface area contributed by atoms with Crippen LogP contribution in [0.3, 0.4) is 0 Å². The number of phenols is 2. The van der Waals surface area contributed by atoms with E-state index in [9.17, 15) is 43.4 Å². The zero-order chi connectivity index (χ0) is 36.5. The van der Waals surface area contributed by atoms with E-state index in [2.05, 4.69) is 20.7 Å². The number of halogens is 1. The molecule has 3 aromatic rings. The molecule has 0 aromatic heterocycles. The highest BCUT2D eigenvalue weighted by Gasteiger charge is 2.54. The first-order chi connectivity index (χ1) is 23.7. The molecule has 0 fully saturated rings. The van der Waals surface area contributed by atoms with Crippen LogP contribution in [0, 0.1) is 5.92 Å². The molecule has 5 rings (SSSR count). The third-order valence-corrected chi connectivity index (χ3v) is 8.46. The second-order valence-electron chi connectivity index (χ2n) is 12.2. The number of methoxy groups -OCH3 is 1. The molecule has 3 aromatic carbocycles. The minimum Gasteiger partial charge on any atom is -0.508 e. The topological polar surface area (TPSA) is 207 Å². The lowest BCUT2D eigenvalue weighted by atomic mass is 9.77. The van der Waals surface area contributed by atoms with Crippen LogP contribution in [-0.2, 0) is 34.3 Å². The van der Waals surface area contributed by atoms with Gasteiger partial charge in [-0.1, -0.05) is 13.8 Å². The number of hydrogen-bond donors (Lipinski definition) is 5. The molecule has 1 spiro atoms. The lowest BCUT2D eigenvalue weighted by Crippen LogP contribution is -2.56. The van der Waals surface area contributed by atoms with Gasteiger partial charge in [0.15, 0.2) is 11.4 Å². The van der Waals surface area contributed by atoms with Crippen LogP contribution in [0.15, 0.2) is 54.6 Å². The SMILES string of the molecule is COC(=O)C[C@H](NC(=O)[C@H](C)NC(=O)[C@H](NC(=O)c1ccc2c(c1)C1(OC2=O)c2ccc(O)cc2Oc2cc(O)ccc21)C(C)C)C(=O)CF. The first-order valence-corrected chi connectivity index (χ1v) is 15.5. The van der Waals surface area contributed by atoms with Gasteiger partial charge in [0.25, 0.3) is 5.91 Å². The first-order valence-electron chi connectivity index (χ1n) is 15.5. The first kappa shape index (κ1) is 35.3. The van der Waals surface area contributed by atoms with Crippen molar-refractivity contribution in [1.82, 2.24) is 16.0 Å². The number of ketones is 1. The molecule has 2 heterocycles. The number of rotatable bonds is 11. The van der Waals surface area contributed by atoms with E-state index in [1.165, 1.54) is 61.5 Å². The van der Waals surface area contributed by atoms with E-state index in [-0.39, 0.29) is 39.7 Å². The molecule has 50 heavy (non-hydrogen) atoms. The number of carbonyl (C=O) groups excluding carboxylic acids is 6. The molecular weight excluding hydrogens is 657 g/mol. The number of alkyl halides is 1. The number of ether oxygens (including phenoxy) is 3. The highest BCUT2D eigenvalue weighted by molar-refractivity contribution is 6.02. The Morgan fingerprint density at radius 3 is 2.02 bits per heavy atom. The van der Waals surface area contributed by atoms with Crippen LogP contribution in [0.1, 0.15) is 64.6 Å². The number of hydrogen-bond acceptors (Lipinski definition) is 11. The molecule has 0 bridgehead atoms. The highest BCUT2D eigenvalue weighted by atomic mass is 19.1. The maximum atomic E-state index is 13.7. The number of aromatic hydroxyl groups is 2. The Kier molecular flexibility index (Phi) is 9.79. The molecule has 0 saturated carbocycles. The molecule has 262 valence electrons. The lowest BCUT2D eigenvalue weighted by Gasteiger charge is -2.36. The summed E-state index contributed by atoms with van der Waals surface area (Å²) in [5, 5.41) is 27.7. The molecule has 14 nitrogen and oxygen atoms in total. The molecule has 0 aliphatic carbocycles. The van der Waals surface area contributed by atoms with Crippen LogP contribution >= 0.6 is 0 Å². The molecule has 2 aliphatic heterocycles. The Morgan fingerprint density at radius 1 is 0.840 bits per heavy atom. The summed E-state index contributed by atoms with van der Waals surface area (Å²) >= 11 is 0. The van der Waals surface area contributed by atoms with E-state index in [0.29, 0.717) is 11.1 Å². The van der Waals surface area contributed by atoms with Gasteiger partial charge < -0.3 is 40.4 Å². The average molecular weight is 692 g/mol. The van der Waals surface area contributed by atoms with Crippen molar-refractivity contribution >= 4 is 35.4 Å². The van der Waals surface area contributed by atoms with Crippen molar-refractivity contribution in [2.24, 2.45) is 5.92 Å². The maximum Gasteiger partial charge on any atom is 0.340 e. The fourth-order valence-corrected chi connectivity index (χ4v) is 5.85. The zero-order valence-corrected chi connectivity index (χ0v) is 27.4. The number of fused-ring (bicyclic) bond motifs is 6. The fraction of sp³-hybridized carbons (Fsp3) is 0.314. The molecule has 3 atom stereocenters. The van der Waals surface area contributed by atoms with E-state index >= 15 is 0 Å². The average Bonchev–Trinajstić information content (AvgIpc) is 3.36. The second-order valence-corrected chi connectivity index (χ2v) is 12.2. The summed E-state index contributed by atoms with van der Waals surface area (Å²) in [4.78, 5) is 76.7. The minimum atomic E-state index is -1.63. The molecule has 15 heteroatoms. The maximum absolute atomic E-state index is 13.7. The zero-order valence-electron chi connectivity index (χ0n) is 27.4. The lowest BCUT2D eigenvalue weighted by molar-refractivity contribution is -0.143. The van der Waals surface area contributed by atoms with Gasteiger partial charge in [0, 0.05) is 34.4 Å². The Balaban J connectivity index is 1.40. The van der Waals surface area contributed by atoms with Crippen molar-refractivity contribution in [3.8, 4) is 23.0 Å². The normalized spacial score (nSPS) is 15.3. The van der Waals surface area contributed by atoms with Crippen LogP contribution in [0.5, 0.6) is 23.0 Å². The third-order valence-electron chi connectivity index (χ3n) is 8.46. The van der Waals surface area contributed by atoms with E-state index in [0.717, 1.165) is 7.11 Å². The molecule has 0 radical (unpaired) electrons. The van der Waals surface area contributed by atoms with E-state index in [1.807, 2.05) is 0 Å². The number of esters is 2. The van der Waals surface area contributed by atoms with Crippen LogP contribution in [0.4, 0.5) is 4.39 Å². The van der Waals surface area contributed by atoms with Crippen LogP contribution in [0.2, 0.25) is 0 Å². The number of phenolic OH excluding ortho intramolecular Hbond substituents is 2. The molecule has 0 unspecified atom stereocenters. The van der Waals surface area contributed by atoms with Gasteiger partial charge in [0.2, 0.25) is 11.8 Å². The number of Topliss-reactive ketones (excluding diaryl/α,β-unsaturated/α-hetero) is 1.